The van der Waals surface area contributed by atoms with Gasteiger partial charge in [-0.3, -0.25) is 9.69 Å². The molecule has 0 bridgehead atoms. The van der Waals surface area contributed by atoms with Crippen molar-refractivity contribution < 1.29 is 23.8 Å². The summed E-state index contributed by atoms with van der Waals surface area (Å²) in [7, 11) is 0. The molecule has 2 aromatic heterocycles. The first-order valence-corrected chi connectivity index (χ1v) is 14.7. The van der Waals surface area contributed by atoms with Crippen LogP contribution in [0.4, 0.5) is 4.79 Å². The second kappa shape index (κ2) is 11.1. The van der Waals surface area contributed by atoms with E-state index < -0.39 is 5.60 Å². The molecule has 1 aromatic carbocycles. The van der Waals surface area contributed by atoms with Crippen molar-refractivity contribution in [3.8, 4) is 11.1 Å². The number of carbonyl (C=O) groups excluding carboxylic acids is 2. The van der Waals surface area contributed by atoms with Gasteiger partial charge in [-0.05, 0) is 93.0 Å². The van der Waals surface area contributed by atoms with Gasteiger partial charge in [-0.15, -0.1) is 0 Å². The highest BCUT2D eigenvalue weighted by Gasteiger charge is 2.36. The number of rotatable bonds is 3. The van der Waals surface area contributed by atoms with Crippen molar-refractivity contribution in [3.05, 3.63) is 52.8 Å². The Labute approximate surface area is 241 Å². The molecule has 6 rings (SSSR count). The van der Waals surface area contributed by atoms with E-state index in [0.29, 0.717) is 46.1 Å². The molecule has 3 aliphatic heterocycles. The molecule has 0 aliphatic carbocycles. The third kappa shape index (κ3) is 5.70. The Morgan fingerprint density at radius 2 is 1.85 bits per heavy atom. The number of aromatic amines is 1. The van der Waals surface area contributed by atoms with Crippen LogP contribution in [0, 0.1) is 12.8 Å². The summed E-state index contributed by atoms with van der Waals surface area (Å²) in [6.07, 6.45) is 5.81. The molecule has 1 unspecified atom stereocenters. The van der Waals surface area contributed by atoms with Gasteiger partial charge in [-0.1, -0.05) is 0 Å². The number of ether oxygens (including phenoxy) is 3. The molecule has 0 saturated carbocycles. The standard InChI is InChI=1S/C32H40N4O5/c1-20-16-33-29-26(20)15-23(17-34-29)22-13-24-18-35(30(37)21-6-10-39-11-7-21)8-5-25(24)27(14-22)28-19-40-12-9-36(28)31(38)41-32(2,3)4/h13-17,21,28H,5-12,18-19H2,1-4H3,(H,33,34). The second-order valence-electron chi connectivity index (χ2n) is 12.5. The summed E-state index contributed by atoms with van der Waals surface area (Å²) >= 11 is 0. The average molecular weight is 561 g/mol. The van der Waals surface area contributed by atoms with Crippen molar-refractivity contribution >= 4 is 23.0 Å². The molecule has 1 atom stereocenters. The number of aryl methyl sites for hydroxylation is 1. The molecule has 9 nitrogen and oxygen atoms in total. The molecule has 3 aromatic rings. The van der Waals surface area contributed by atoms with E-state index >= 15 is 0 Å². The summed E-state index contributed by atoms with van der Waals surface area (Å²) < 4.78 is 17.3. The van der Waals surface area contributed by atoms with Gasteiger partial charge in [0, 0.05) is 62.1 Å². The van der Waals surface area contributed by atoms with E-state index in [1.54, 1.807) is 0 Å². The monoisotopic (exact) mass is 560 g/mol. The van der Waals surface area contributed by atoms with Crippen LogP contribution < -0.4 is 0 Å². The Kier molecular flexibility index (Phi) is 7.50. The van der Waals surface area contributed by atoms with E-state index in [0.717, 1.165) is 58.1 Å². The fourth-order valence-electron chi connectivity index (χ4n) is 6.28. The number of fused-ring (bicyclic) bond motifs is 2. The number of amides is 2. The highest BCUT2D eigenvalue weighted by Crippen LogP contribution is 2.37. The smallest absolute Gasteiger partial charge is 0.410 e. The second-order valence-corrected chi connectivity index (χ2v) is 12.5. The van der Waals surface area contributed by atoms with Crippen LogP contribution >= 0.6 is 0 Å². The SMILES string of the molecule is Cc1c[nH]c2ncc(-c3cc4c(c(C5COCCN5C(=O)OC(C)(C)C)c3)CCN(C(=O)C3CCOCC3)C4)cc12. The van der Waals surface area contributed by atoms with E-state index in [1.165, 1.54) is 5.56 Å². The maximum Gasteiger partial charge on any atom is 0.410 e. The number of nitrogens with zero attached hydrogens (tertiary/aromatic N) is 3. The molecular weight excluding hydrogens is 520 g/mol. The molecular formula is C32H40N4O5. The number of carbonyl (C=O) groups is 2. The fraction of sp³-hybridized carbons (Fsp3) is 0.531. The van der Waals surface area contributed by atoms with Crippen molar-refractivity contribution in [1.82, 2.24) is 19.8 Å². The fourth-order valence-corrected chi connectivity index (χ4v) is 6.28. The summed E-state index contributed by atoms with van der Waals surface area (Å²) in [5.74, 6) is 0.235. The Hall–Kier alpha value is -3.43. The van der Waals surface area contributed by atoms with Gasteiger partial charge in [-0.2, -0.15) is 0 Å². The van der Waals surface area contributed by atoms with Gasteiger partial charge in [0.15, 0.2) is 0 Å². The third-order valence-corrected chi connectivity index (χ3v) is 8.44. The van der Waals surface area contributed by atoms with E-state index in [4.69, 9.17) is 14.2 Å². The van der Waals surface area contributed by atoms with Crippen LogP contribution in [0.1, 0.15) is 61.9 Å². The van der Waals surface area contributed by atoms with Gasteiger partial charge < -0.3 is 24.1 Å². The lowest BCUT2D eigenvalue weighted by molar-refractivity contribution is -0.139. The normalized spacial score (nSPS) is 20.2. The number of aromatic nitrogens is 2. The largest absolute Gasteiger partial charge is 0.444 e. The first-order valence-electron chi connectivity index (χ1n) is 14.7. The van der Waals surface area contributed by atoms with Crippen molar-refractivity contribution in [2.24, 2.45) is 5.92 Å². The minimum atomic E-state index is -0.596. The Morgan fingerprint density at radius 3 is 2.63 bits per heavy atom. The molecule has 2 fully saturated rings. The summed E-state index contributed by atoms with van der Waals surface area (Å²) in [4.78, 5) is 38.6. The maximum atomic E-state index is 13.5. The summed E-state index contributed by atoms with van der Waals surface area (Å²) in [5, 5.41) is 1.08. The number of hydrogen-bond acceptors (Lipinski definition) is 6. The van der Waals surface area contributed by atoms with Crippen molar-refractivity contribution in [2.45, 2.75) is 65.1 Å². The molecule has 2 saturated heterocycles. The van der Waals surface area contributed by atoms with E-state index in [-0.39, 0.29) is 24.0 Å². The van der Waals surface area contributed by atoms with Crippen LogP contribution in [0.5, 0.6) is 0 Å². The third-order valence-electron chi connectivity index (χ3n) is 8.44. The average Bonchev–Trinajstić information content (AvgIpc) is 3.35. The maximum absolute atomic E-state index is 13.5. The van der Waals surface area contributed by atoms with Gasteiger partial charge in [0.25, 0.3) is 0 Å². The minimum Gasteiger partial charge on any atom is -0.444 e. The molecule has 41 heavy (non-hydrogen) atoms. The Balaban J connectivity index is 1.41. The zero-order valence-electron chi connectivity index (χ0n) is 24.5. The van der Waals surface area contributed by atoms with Crippen LogP contribution in [0.3, 0.4) is 0 Å². The lowest BCUT2D eigenvalue weighted by Gasteiger charge is -2.40. The molecule has 9 heteroatoms. The molecule has 2 amide bonds. The Morgan fingerprint density at radius 1 is 1.05 bits per heavy atom. The lowest BCUT2D eigenvalue weighted by Crippen LogP contribution is -2.46. The van der Waals surface area contributed by atoms with Crippen LogP contribution in [0.2, 0.25) is 0 Å². The van der Waals surface area contributed by atoms with Crippen LogP contribution in [-0.4, -0.2) is 76.9 Å². The molecule has 3 aliphatic rings. The van der Waals surface area contributed by atoms with Gasteiger partial charge in [0.1, 0.15) is 11.2 Å². The molecule has 218 valence electrons. The zero-order chi connectivity index (χ0) is 28.7. The molecule has 0 spiro atoms. The van der Waals surface area contributed by atoms with Crippen molar-refractivity contribution in [3.63, 3.8) is 0 Å². The number of H-pyrrole nitrogens is 1. The van der Waals surface area contributed by atoms with Gasteiger partial charge in [0.05, 0.1) is 19.3 Å². The highest BCUT2D eigenvalue weighted by atomic mass is 16.6. The van der Waals surface area contributed by atoms with Gasteiger partial charge >= 0.3 is 6.09 Å². The molecule has 5 heterocycles. The summed E-state index contributed by atoms with van der Waals surface area (Å²) in [5.41, 5.74) is 6.79. The molecule has 1 N–H and O–H groups in total. The van der Waals surface area contributed by atoms with Crippen LogP contribution in [0.25, 0.3) is 22.2 Å². The van der Waals surface area contributed by atoms with E-state index in [1.807, 2.05) is 43.0 Å². The number of nitrogens with one attached hydrogen (secondary N) is 1. The summed E-state index contributed by atoms with van der Waals surface area (Å²) in [6, 6.07) is 6.28. The van der Waals surface area contributed by atoms with Gasteiger partial charge in [0.2, 0.25) is 5.91 Å². The first kappa shape index (κ1) is 27.7. The number of pyridine rings is 1. The van der Waals surface area contributed by atoms with Crippen LogP contribution in [0.15, 0.2) is 30.6 Å². The predicted octanol–water partition coefficient (Wildman–Crippen LogP) is 5.16. The number of morpholine rings is 1. The molecule has 0 radical (unpaired) electrons. The zero-order valence-corrected chi connectivity index (χ0v) is 24.5. The van der Waals surface area contributed by atoms with E-state index in [9.17, 15) is 9.59 Å². The van der Waals surface area contributed by atoms with Crippen LogP contribution in [-0.2, 0) is 32.0 Å². The van der Waals surface area contributed by atoms with Crippen molar-refractivity contribution in [2.75, 3.05) is 39.5 Å². The number of hydrogen-bond donors (Lipinski definition) is 1. The van der Waals surface area contributed by atoms with Gasteiger partial charge in [-0.25, -0.2) is 9.78 Å². The Bertz CT molecular complexity index is 1450. The van der Waals surface area contributed by atoms with Crippen molar-refractivity contribution in [1.29, 1.82) is 0 Å². The lowest BCUT2D eigenvalue weighted by atomic mass is 9.86. The predicted molar refractivity (Wildman–Crippen MR) is 155 cm³/mol. The highest BCUT2D eigenvalue weighted by molar-refractivity contribution is 5.85. The minimum absolute atomic E-state index is 0.0190. The first-order chi connectivity index (χ1) is 19.7. The van der Waals surface area contributed by atoms with E-state index in [2.05, 4.69) is 35.1 Å². The quantitative estimate of drug-likeness (QED) is 0.476. The number of benzene rings is 1. The topological polar surface area (TPSA) is 97.0 Å². The summed E-state index contributed by atoms with van der Waals surface area (Å²) in [6.45, 7) is 11.6.